The Morgan fingerprint density at radius 3 is 2.23 bits per heavy atom. The van der Waals surface area contributed by atoms with Crippen molar-refractivity contribution in [2.75, 3.05) is 27.2 Å². The average molecular weight is 397 g/mol. The van der Waals surface area contributed by atoms with Crippen LogP contribution in [0.2, 0.25) is 5.02 Å². The van der Waals surface area contributed by atoms with Crippen LogP contribution in [0, 0.1) is 0 Å². The Morgan fingerprint density at radius 1 is 1.08 bits per heavy atom. The van der Waals surface area contributed by atoms with Crippen molar-refractivity contribution in [1.29, 1.82) is 0 Å². The molecule has 0 bridgehead atoms. The Morgan fingerprint density at radius 2 is 1.69 bits per heavy atom. The van der Waals surface area contributed by atoms with Gasteiger partial charge in [0.05, 0.1) is 11.5 Å². The Hall–Kier alpha value is -1.60. The lowest BCUT2D eigenvalue weighted by Gasteiger charge is -2.21. The van der Waals surface area contributed by atoms with Crippen LogP contribution in [-0.2, 0) is 10.0 Å². The zero-order valence-corrected chi connectivity index (χ0v) is 16.8. The van der Waals surface area contributed by atoms with Gasteiger partial charge in [-0.3, -0.25) is 0 Å². The van der Waals surface area contributed by atoms with Gasteiger partial charge in [-0.2, -0.15) is 0 Å². The fourth-order valence-corrected chi connectivity index (χ4v) is 3.90. The topological polar surface area (TPSA) is 58.6 Å². The van der Waals surface area contributed by atoms with E-state index in [4.69, 9.17) is 16.3 Å². The summed E-state index contributed by atoms with van der Waals surface area (Å²) in [5.74, 6) is 0.647. The SMILES string of the molecule is CCOc1ccc(S(=O)(=O)NC(CCN(C)C)c2ccc(Cl)cc2)cc1. The van der Waals surface area contributed by atoms with Gasteiger partial charge in [0.25, 0.3) is 0 Å². The molecule has 1 atom stereocenters. The van der Waals surface area contributed by atoms with Crippen molar-refractivity contribution in [3.8, 4) is 5.75 Å². The predicted octanol–water partition coefficient (Wildman–Crippen LogP) is 3.71. The van der Waals surface area contributed by atoms with E-state index in [0.29, 0.717) is 23.8 Å². The number of hydrogen-bond acceptors (Lipinski definition) is 4. The third kappa shape index (κ3) is 5.99. The Kier molecular flexibility index (Phi) is 7.46. The lowest BCUT2D eigenvalue weighted by molar-refractivity contribution is 0.340. The number of ether oxygens (including phenoxy) is 1. The summed E-state index contributed by atoms with van der Waals surface area (Å²) >= 11 is 5.95. The summed E-state index contributed by atoms with van der Waals surface area (Å²) < 4.78 is 33.8. The lowest BCUT2D eigenvalue weighted by atomic mass is 10.0. The fourth-order valence-electron chi connectivity index (χ4n) is 2.51. The molecule has 1 N–H and O–H groups in total. The van der Waals surface area contributed by atoms with Gasteiger partial charge in [0.15, 0.2) is 0 Å². The van der Waals surface area contributed by atoms with Crippen molar-refractivity contribution in [2.24, 2.45) is 0 Å². The Bertz CT molecular complexity index is 791. The van der Waals surface area contributed by atoms with Gasteiger partial charge in [-0.05, 0) is 75.9 Å². The minimum atomic E-state index is -3.65. The second-order valence-electron chi connectivity index (χ2n) is 6.22. The summed E-state index contributed by atoms with van der Waals surface area (Å²) in [5, 5.41) is 0.620. The second-order valence-corrected chi connectivity index (χ2v) is 8.37. The monoisotopic (exact) mass is 396 g/mol. The number of nitrogens with one attached hydrogen (secondary N) is 1. The van der Waals surface area contributed by atoms with E-state index in [1.165, 1.54) is 0 Å². The molecule has 2 rings (SSSR count). The maximum absolute atomic E-state index is 12.8. The largest absolute Gasteiger partial charge is 0.494 e. The molecule has 26 heavy (non-hydrogen) atoms. The molecule has 5 nitrogen and oxygen atoms in total. The van der Waals surface area contributed by atoms with Crippen LogP contribution in [0.25, 0.3) is 0 Å². The van der Waals surface area contributed by atoms with E-state index in [2.05, 4.69) is 4.72 Å². The zero-order chi connectivity index (χ0) is 19.2. The van der Waals surface area contributed by atoms with E-state index in [0.717, 1.165) is 12.1 Å². The second kappa shape index (κ2) is 9.37. The van der Waals surface area contributed by atoms with E-state index < -0.39 is 10.0 Å². The molecule has 0 saturated heterocycles. The smallest absolute Gasteiger partial charge is 0.241 e. The number of nitrogens with zero attached hydrogens (tertiary/aromatic N) is 1. The molecule has 7 heteroatoms. The lowest BCUT2D eigenvalue weighted by Crippen LogP contribution is -2.31. The first-order chi connectivity index (χ1) is 12.3. The summed E-state index contributed by atoms with van der Waals surface area (Å²) in [6.07, 6.45) is 0.644. The molecular weight excluding hydrogens is 372 g/mol. The highest BCUT2D eigenvalue weighted by Gasteiger charge is 2.21. The van der Waals surface area contributed by atoms with Gasteiger partial charge in [0, 0.05) is 11.1 Å². The standard InChI is InChI=1S/C19H25ClN2O3S/c1-4-25-17-9-11-18(12-10-17)26(23,24)21-19(13-14-22(2)3)15-5-7-16(20)8-6-15/h5-12,19,21H,4,13-14H2,1-3H3. The maximum atomic E-state index is 12.8. The number of halogens is 1. The molecule has 0 aliphatic rings. The van der Waals surface area contributed by atoms with Gasteiger partial charge >= 0.3 is 0 Å². The molecule has 0 aliphatic carbocycles. The minimum Gasteiger partial charge on any atom is -0.494 e. The van der Waals surface area contributed by atoms with Crippen molar-refractivity contribution in [1.82, 2.24) is 9.62 Å². The van der Waals surface area contributed by atoms with Crippen LogP contribution < -0.4 is 9.46 Å². The van der Waals surface area contributed by atoms with Gasteiger partial charge in [-0.25, -0.2) is 13.1 Å². The first-order valence-corrected chi connectivity index (χ1v) is 10.3. The van der Waals surface area contributed by atoms with Crippen LogP contribution in [0.15, 0.2) is 53.4 Å². The fraction of sp³-hybridized carbons (Fsp3) is 0.368. The van der Waals surface area contributed by atoms with E-state index >= 15 is 0 Å². The van der Waals surface area contributed by atoms with Crippen LogP contribution in [0.1, 0.15) is 24.9 Å². The summed E-state index contributed by atoms with van der Waals surface area (Å²) in [5.41, 5.74) is 0.880. The first kappa shape index (κ1) is 20.7. The van der Waals surface area contributed by atoms with Crippen molar-refractivity contribution in [2.45, 2.75) is 24.3 Å². The molecule has 0 spiro atoms. The predicted molar refractivity (Wildman–Crippen MR) is 105 cm³/mol. The average Bonchev–Trinajstić information content (AvgIpc) is 2.60. The quantitative estimate of drug-likeness (QED) is 0.701. The molecule has 0 aliphatic heterocycles. The van der Waals surface area contributed by atoms with Crippen LogP contribution in [0.5, 0.6) is 5.75 Å². The number of rotatable bonds is 9. The van der Waals surface area contributed by atoms with Gasteiger partial charge in [0.1, 0.15) is 5.75 Å². The highest BCUT2D eigenvalue weighted by Crippen LogP contribution is 2.23. The van der Waals surface area contributed by atoms with Gasteiger partial charge in [0.2, 0.25) is 10.0 Å². The Balaban J connectivity index is 2.22. The third-order valence-corrected chi connectivity index (χ3v) is 5.62. The van der Waals surface area contributed by atoms with Crippen LogP contribution in [0.4, 0.5) is 0 Å². The normalized spacial score (nSPS) is 13.0. The van der Waals surface area contributed by atoms with Crippen molar-refractivity contribution in [3.05, 3.63) is 59.1 Å². The zero-order valence-electron chi connectivity index (χ0n) is 15.3. The molecule has 2 aromatic rings. The molecule has 0 saturated carbocycles. The minimum absolute atomic E-state index is 0.213. The van der Waals surface area contributed by atoms with E-state index in [-0.39, 0.29) is 10.9 Å². The first-order valence-electron chi connectivity index (χ1n) is 8.47. The number of benzene rings is 2. The summed E-state index contributed by atoms with van der Waals surface area (Å²) in [6, 6.07) is 13.3. The number of sulfonamides is 1. The Labute approximate surface area is 161 Å². The molecule has 0 fully saturated rings. The molecule has 1 unspecified atom stereocenters. The maximum Gasteiger partial charge on any atom is 0.241 e. The summed E-state index contributed by atoms with van der Waals surface area (Å²) in [6.45, 7) is 3.17. The molecule has 2 aromatic carbocycles. The van der Waals surface area contributed by atoms with E-state index in [1.807, 2.05) is 38.1 Å². The molecule has 0 aromatic heterocycles. The molecule has 0 heterocycles. The molecule has 142 valence electrons. The van der Waals surface area contributed by atoms with Gasteiger partial charge in [-0.15, -0.1) is 0 Å². The van der Waals surface area contributed by atoms with Crippen LogP contribution in [-0.4, -0.2) is 40.6 Å². The van der Waals surface area contributed by atoms with Crippen molar-refractivity contribution in [3.63, 3.8) is 0 Å². The highest BCUT2D eigenvalue weighted by atomic mass is 35.5. The van der Waals surface area contributed by atoms with E-state index in [1.54, 1.807) is 36.4 Å². The van der Waals surface area contributed by atoms with Gasteiger partial charge < -0.3 is 9.64 Å². The summed E-state index contributed by atoms with van der Waals surface area (Å²) in [4.78, 5) is 2.23. The van der Waals surface area contributed by atoms with Gasteiger partial charge in [-0.1, -0.05) is 23.7 Å². The van der Waals surface area contributed by atoms with E-state index in [9.17, 15) is 8.42 Å². The van der Waals surface area contributed by atoms with Crippen LogP contribution in [0.3, 0.4) is 0 Å². The molecule has 0 amide bonds. The molecular formula is C19H25ClN2O3S. The van der Waals surface area contributed by atoms with Crippen molar-refractivity contribution >= 4 is 21.6 Å². The summed E-state index contributed by atoms with van der Waals surface area (Å²) in [7, 11) is 0.262. The number of hydrogen-bond donors (Lipinski definition) is 1. The molecule has 0 radical (unpaired) electrons. The third-order valence-electron chi connectivity index (χ3n) is 3.88. The van der Waals surface area contributed by atoms with Crippen molar-refractivity contribution < 1.29 is 13.2 Å². The van der Waals surface area contributed by atoms with Crippen LogP contribution >= 0.6 is 11.6 Å². The highest BCUT2D eigenvalue weighted by molar-refractivity contribution is 7.89.